The lowest BCUT2D eigenvalue weighted by Crippen LogP contribution is -2.32. The van der Waals surface area contributed by atoms with Crippen molar-refractivity contribution in [2.45, 2.75) is 6.55 Å². The van der Waals surface area contributed by atoms with Crippen molar-refractivity contribution in [3.63, 3.8) is 0 Å². The second-order valence-electron chi connectivity index (χ2n) is 3.25. The molecule has 2 nitrogen and oxygen atoms in total. The van der Waals surface area contributed by atoms with Gasteiger partial charge in [0.1, 0.15) is 12.4 Å². The number of methoxy groups -OCH3 is 1. The molecule has 5 heteroatoms. The Morgan fingerprint density at radius 1 is 1.13 bits per heavy atom. The lowest BCUT2D eigenvalue weighted by atomic mass is 10.3. The largest absolute Gasteiger partial charge is 0.491 e. The molecular formula is C10H14Cl2O2Si. The molecule has 0 amide bonds. The predicted molar refractivity (Wildman–Crippen MR) is 66.8 cm³/mol. The summed E-state index contributed by atoms with van der Waals surface area (Å²) in [6, 6.07) is 7.57. The SMILES string of the molecule is COCCOc1ccc([Si](C)(Cl)Cl)cc1. The van der Waals surface area contributed by atoms with Crippen LogP contribution in [0.5, 0.6) is 5.75 Å². The van der Waals surface area contributed by atoms with E-state index in [9.17, 15) is 0 Å². The van der Waals surface area contributed by atoms with Crippen molar-refractivity contribution in [3.05, 3.63) is 24.3 Å². The third-order valence-corrected chi connectivity index (χ3v) is 4.57. The molecule has 0 fully saturated rings. The summed E-state index contributed by atoms with van der Waals surface area (Å²) < 4.78 is 10.3. The average molecular weight is 265 g/mol. The average Bonchev–Trinajstić information content (AvgIpc) is 2.18. The molecule has 0 N–H and O–H groups in total. The number of hydrogen-bond donors (Lipinski definition) is 0. The van der Waals surface area contributed by atoms with Crippen molar-refractivity contribution in [2.24, 2.45) is 0 Å². The summed E-state index contributed by atoms with van der Waals surface area (Å²) >= 11 is 12.2. The molecule has 0 aliphatic rings. The van der Waals surface area contributed by atoms with Gasteiger partial charge in [-0.05, 0) is 23.9 Å². The molecule has 15 heavy (non-hydrogen) atoms. The van der Waals surface area contributed by atoms with Gasteiger partial charge in [-0.15, -0.1) is 22.2 Å². The van der Waals surface area contributed by atoms with Crippen LogP contribution >= 0.6 is 22.2 Å². The fraction of sp³-hybridized carbons (Fsp3) is 0.400. The first-order chi connectivity index (χ1) is 7.04. The van der Waals surface area contributed by atoms with Crippen LogP contribution in [-0.2, 0) is 4.74 Å². The Kier molecular flexibility index (Phi) is 4.92. The zero-order chi connectivity index (χ0) is 11.3. The number of benzene rings is 1. The first kappa shape index (κ1) is 12.8. The van der Waals surface area contributed by atoms with Crippen LogP contribution in [0.15, 0.2) is 24.3 Å². The first-order valence-corrected chi connectivity index (χ1v) is 9.16. The molecule has 0 radical (unpaired) electrons. The molecule has 0 aromatic heterocycles. The van der Waals surface area contributed by atoms with Gasteiger partial charge in [-0.25, -0.2) is 0 Å². The van der Waals surface area contributed by atoms with Crippen LogP contribution in [0.3, 0.4) is 0 Å². The molecule has 0 spiro atoms. The highest BCUT2D eigenvalue weighted by molar-refractivity contribution is 7.50. The van der Waals surface area contributed by atoms with Crippen LogP contribution in [0.1, 0.15) is 0 Å². The van der Waals surface area contributed by atoms with Gasteiger partial charge in [-0.1, -0.05) is 12.1 Å². The number of halogens is 2. The summed E-state index contributed by atoms with van der Waals surface area (Å²) in [4.78, 5) is 0. The Morgan fingerprint density at radius 2 is 1.73 bits per heavy atom. The molecule has 0 aliphatic heterocycles. The summed E-state index contributed by atoms with van der Waals surface area (Å²) in [6.45, 7) is 0.772. The lowest BCUT2D eigenvalue weighted by Gasteiger charge is -2.11. The van der Waals surface area contributed by atoms with E-state index in [0.29, 0.717) is 13.2 Å². The Hall–Kier alpha value is -0.223. The molecule has 0 saturated heterocycles. The summed E-state index contributed by atoms with van der Waals surface area (Å²) in [7, 11) is 1.64. The van der Waals surface area contributed by atoms with Gasteiger partial charge in [-0.3, -0.25) is 0 Å². The zero-order valence-electron chi connectivity index (χ0n) is 8.80. The molecule has 1 aromatic carbocycles. The van der Waals surface area contributed by atoms with E-state index in [1.807, 2.05) is 30.8 Å². The van der Waals surface area contributed by atoms with Crippen molar-refractivity contribution in [1.82, 2.24) is 0 Å². The van der Waals surface area contributed by atoms with Crippen molar-refractivity contribution in [3.8, 4) is 5.75 Å². The zero-order valence-corrected chi connectivity index (χ0v) is 11.3. The fourth-order valence-corrected chi connectivity index (χ4v) is 2.59. The second-order valence-corrected chi connectivity index (χ2v) is 10.7. The van der Waals surface area contributed by atoms with Crippen LogP contribution in [0.25, 0.3) is 0 Å². The second kappa shape index (κ2) is 5.75. The van der Waals surface area contributed by atoms with Gasteiger partial charge in [-0.2, -0.15) is 0 Å². The number of ether oxygens (including phenoxy) is 2. The summed E-state index contributed by atoms with van der Waals surface area (Å²) in [6.07, 6.45) is 0. The van der Waals surface area contributed by atoms with Crippen molar-refractivity contribution in [1.29, 1.82) is 0 Å². The number of hydrogen-bond acceptors (Lipinski definition) is 2. The lowest BCUT2D eigenvalue weighted by molar-refractivity contribution is 0.146. The molecule has 84 valence electrons. The molecule has 0 atom stereocenters. The van der Waals surface area contributed by atoms with Crippen molar-refractivity contribution < 1.29 is 9.47 Å². The Balaban J connectivity index is 2.57. The van der Waals surface area contributed by atoms with Gasteiger partial charge < -0.3 is 9.47 Å². The van der Waals surface area contributed by atoms with E-state index in [4.69, 9.17) is 31.6 Å². The highest BCUT2D eigenvalue weighted by atomic mass is 35.7. The van der Waals surface area contributed by atoms with Gasteiger partial charge in [0, 0.05) is 7.11 Å². The predicted octanol–water partition coefficient (Wildman–Crippen LogP) is 2.47. The normalized spacial score (nSPS) is 11.5. The maximum Gasteiger partial charge on any atom is 0.277 e. The molecule has 0 saturated carbocycles. The standard InChI is InChI=1S/C10H14Cl2O2Si/c1-13-7-8-14-9-3-5-10(6-4-9)15(2,11)12/h3-6H,7-8H2,1-2H3. The smallest absolute Gasteiger partial charge is 0.277 e. The van der Waals surface area contributed by atoms with E-state index in [0.717, 1.165) is 10.9 Å². The minimum atomic E-state index is -2.23. The monoisotopic (exact) mass is 264 g/mol. The third-order valence-electron chi connectivity index (χ3n) is 1.92. The maximum atomic E-state index is 6.08. The van der Waals surface area contributed by atoms with Gasteiger partial charge in [0.05, 0.1) is 6.61 Å². The minimum absolute atomic E-state index is 0.548. The molecule has 1 aromatic rings. The van der Waals surface area contributed by atoms with Gasteiger partial charge in [0.2, 0.25) is 0 Å². The van der Waals surface area contributed by atoms with E-state index in [1.54, 1.807) is 7.11 Å². The van der Waals surface area contributed by atoms with E-state index in [-0.39, 0.29) is 0 Å². The van der Waals surface area contributed by atoms with E-state index < -0.39 is 6.69 Å². The molecule has 0 heterocycles. The van der Waals surface area contributed by atoms with Gasteiger partial charge >= 0.3 is 0 Å². The third kappa shape index (κ3) is 4.43. The topological polar surface area (TPSA) is 18.5 Å². The van der Waals surface area contributed by atoms with Crippen molar-refractivity contribution >= 4 is 34.0 Å². The Labute approximate surface area is 101 Å². The maximum absolute atomic E-state index is 6.08. The molecule has 1 rings (SSSR count). The van der Waals surface area contributed by atoms with Crippen LogP contribution in [0.2, 0.25) is 6.55 Å². The molecule has 0 bridgehead atoms. The Morgan fingerprint density at radius 3 is 2.20 bits per heavy atom. The Bertz CT molecular complexity index is 295. The van der Waals surface area contributed by atoms with E-state index in [2.05, 4.69) is 0 Å². The minimum Gasteiger partial charge on any atom is -0.491 e. The van der Waals surface area contributed by atoms with Crippen LogP contribution < -0.4 is 9.92 Å². The molecule has 0 unspecified atom stereocenters. The van der Waals surface area contributed by atoms with E-state index in [1.165, 1.54) is 0 Å². The van der Waals surface area contributed by atoms with Crippen LogP contribution in [0, 0.1) is 0 Å². The summed E-state index contributed by atoms with van der Waals surface area (Å²) in [5.41, 5.74) is 0. The molecule has 0 aliphatic carbocycles. The first-order valence-electron chi connectivity index (χ1n) is 4.64. The molecular weight excluding hydrogens is 251 g/mol. The highest BCUT2D eigenvalue weighted by Crippen LogP contribution is 2.16. The van der Waals surface area contributed by atoms with Gasteiger partial charge in [0.25, 0.3) is 6.69 Å². The van der Waals surface area contributed by atoms with Crippen LogP contribution in [-0.4, -0.2) is 27.0 Å². The van der Waals surface area contributed by atoms with Crippen LogP contribution in [0.4, 0.5) is 0 Å². The summed E-state index contributed by atoms with van der Waals surface area (Å²) in [5, 5.41) is 0.991. The van der Waals surface area contributed by atoms with E-state index >= 15 is 0 Å². The van der Waals surface area contributed by atoms with Gasteiger partial charge in [0.15, 0.2) is 0 Å². The highest BCUT2D eigenvalue weighted by Gasteiger charge is 2.23. The number of rotatable bonds is 5. The fourth-order valence-electron chi connectivity index (χ4n) is 1.09. The van der Waals surface area contributed by atoms with Crippen molar-refractivity contribution in [2.75, 3.05) is 20.3 Å². The quantitative estimate of drug-likeness (QED) is 0.462. The summed E-state index contributed by atoms with van der Waals surface area (Å²) in [5.74, 6) is 0.808.